The first-order valence-corrected chi connectivity index (χ1v) is 13.5. The minimum absolute atomic E-state index is 0.0324. The van der Waals surface area contributed by atoms with Gasteiger partial charge in [0.1, 0.15) is 22.5 Å². The van der Waals surface area contributed by atoms with Crippen LogP contribution in [0.1, 0.15) is 55.9 Å². The standard InChI is InChI=1S/C26H30F3N7O4S/c1-14-13-36(24(38)40-25(3,4)5)9-8-17(14)39-20-7-6-16(10-32-20)33-22(37)21-15(2)35-41-23(21)34-19-12-30-18(11-31-19)26(27,28)29/h6-7,10-12,14,17H,8-9,13H2,1-5H3,(H,31,34)(H,33,37)/t14-,17+/m1/s1. The van der Waals surface area contributed by atoms with Crippen LogP contribution in [0, 0.1) is 12.8 Å². The molecule has 1 aliphatic rings. The largest absolute Gasteiger partial charge is 0.474 e. The molecule has 41 heavy (non-hydrogen) atoms. The van der Waals surface area contributed by atoms with Crippen LogP contribution in [-0.2, 0) is 10.9 Å². The summed E-state index contributed by atoms with van der Waals surface area (Å²) in [5.74, 6) is -0.0313. The van der Waals surface area contributed by atoms with Gasteiger partial charge in [-0.25, -0.2) is 19.7 Å². The molecule has 4 rings (SSSR count). The molecule has 3 aromatic heterocycles. The summed E-state index contributed by atoms with van der Waals surface area (Å²) < 4.78 is 54.0. The van der Waals surface area contributed by atoms with Crippen LogP contribution in [0.4, 0.5) is 34.5 Å². The Balaban J connectivity index is 1.34. The second kappa shape index (κ2) is 11.8. The molecule has 2 atom stereocenters. The lowest BCUT2D eigenvalue weighted by Gasteiger charge is -2.37. The number of nitrogens with zero attached hydrogens (tertiary/aromatic N) is 5. The molecular weight excluding hydrogens is 563 g/mol. The van der Waals surface area contributed by atoms with Gasteiger partial charge < -0.3 is 25.0 Å². The van der Waals surface area contributed by atoms with Gasteiger partial charge in [0, 0.05) is 31.5 Å². The van der Waals surface area contributed by atoms with E-state index in [9.17, 15) is 22.8 Å². The molecule has 0 unspecified atom stereocenters. The second-order valence-electron chi connectivity index (χ2n) is 10.6. The zero-order chi connectivity index (χ0) is 29.9. The molecule has 0 radical (unpaired) electrons. The van der Waals surface area contributed by atoms with E-state index in [0.717, 1.165) is 17.7 Å². The highest BCUT2D eigenvalue weighted by Crippen LogP contribution is 2.30. The maximum Gasteiger partial charge on any atom is 0.434 e. The maximum absolute atomic E-state index is 13.0. The van der Waals surface area contributed by atoms with Crippen LogP contribution >= 0.6 is 11.5 Å². The van der Waals surface area contributed by atoms with Crippen LogP contribution in [0.2, 0.25) is 0 Å². The van der Waals surface area contributed by atoms with E-state index in [2.05, 4.69) is 30.0 Å². The van der Waals surface area contributed by atoms with Crippen LogP contribution in [0.5, 0.6) is 5.88 Å². The summed E-state index contributed by atoms with van der Waals surface area (Å²) in [6.45, 7) is 10.1. The van der Waals surface area contributed by atoms with Gasteiger partial charge in [0.15, 0.2) is 5.69 Å². The maximum atomic E-state index is 13.0. The van der Waals surface area contributed by atoms with E-state index < -0.39 is 23.4 Å². The first-order valence-electron chi connectivity index (χ1n) is 12.7. The molecule has 2 N–H and O–H groups in total. The topological polar surface area (TPSA) is 131 Å². The summed E-state index contributed by atoms with van der Waals surface area (Å²) >= 11 is 0.966. The van der Waals surface area contributed by atoms with E-state index in [1.165, 1.54) is 6.20 Å². The van der Waals surface area contributed by atoms with Gasteiger partial charge in [-0.2, -0.15) is 17.5 Å². The number of likely N-dealkylation sites (tertiary alicyclic amines) is 1. The third-order valence-corrected chi connectivity index (χ3v) is 6.87. The third-order valence-electron chi connectivity index (χ3n) is 6.02. The fraction of sp³-hybridized carbons (Fsp3) is 0.462. The van der Waals surface area contributed by atoms with Crippen molar-refractivity contribution in [2.75, 3.05) is 23.7 Å². The van der Waals surface area contributed by atoms with Gasteiger partial charge >= 0.3 is 12.3 Å². The number of nitrogens with one attached hydrogen (secondary N) is 2. The number of halogens is 3. The number of rotatable bonds is 6. The summed E-state index contributed by atoms with van der Waals surface area (Å²) in [5, 5.41) is 5.85. The van der Waals surface area contributed by atoms with Gasteiger partial charge in [-0.1, -0.05) is 6.92 Å². The summed E-state index contributed by atoms with van der Waals surface area (Å²) in [6, 6.07) is 3.28. The fourth-order valence-corrected chi connectivity index (χ4v) is 4.84. The number of alkyl halides is 3. The molecule has 1 fully saturated rings. The van der Waals surface area contributed by atoms with Gasteiger partial charge in [-0.05, 0) is 45.3 Å². The number of carbonyl (C=O) groups excluding carboxylic acids is 2. The molecule has 0 aromatic carbocycles. The molecule has 0 bridgehead atoms. The molecule has 0 aliphatic carbocycles. The lowest BCUT2D eigenvalue weighted by Crippen LogP contribution is -2.48. The Kier molecular flexibility index (Phi) is 8.66. The van der Waals surface area contributed by atoms with Crippen LogP contribution in [0.15, 0.2) is 30.7 Å². The Bertz CT molecular complexity index is 1380. The number of anilines is 3. The average molecular weight is 594 g/mol. The summed E-state index contributed by atoms with van der Waals surface area (Å²) in [7, 11) is 0. The Labute approximate surface area is 238 Å². The van der Waals surface area contributed by atoms with E-state index in [0.29, 0.717) is 48.0 Å². The first kappa shape index (κ1) is 30.0. The van der Waals surface area contributed by atoms with Gasteiger partial charge in [0.25, 0.3) is 5.91 Å². The van der Waals surface area contributed by atoms with Crippen LogP contribution in [0.25, 0.3) is 0 Å². The number of aryl methyl sites for hydroxylation is 1. The van der Waals surface area contributed by atoms with Crippen molar-refractivity contribution < 1.29 is 32.2 Å². The molecule has 0 saturated carbocycles. The minimum Gasteiger partial charge on any atom is -0.474 e. The van der Waals surface area contributed by atoms with Crippen molar-refractivity contribution in [2.24, 2.45) is 5.92 Å². The van der Waals surface area contributed by atoms with Crippen molar-refractivity contribution in [1.82, 2.24) is 24.2 Å². The molecule has 4 heterocycles. The quantitative estimate of drug-likeness (QED) is 0.371. The zero-order valence-electron chi connectivity index (χ0n) is 23.1. The number of amides is 2. The zero-order valence-corrected chi connectivity index (χ0v) is 23.9. The molecule has 0 spiro atoms. The number of piperidine rings is 1. The van der Waals surface area contributed by atoms with Crippen molar-refractivity contribution in [3.8, 4) is 5.88 Å². The van der Waals surface area contributed by atoms with Gasteiger partial charge in [0.05, 0.1) is 35.5 Å². The predicted octanol–water partition coefficient (Wildman–Crippen LogP) is 5.68. The normalized spacial score (nSPS) is 17.6. The minimum atomic E-state index is -4.61. The van der Waals surface area contributed by atoms with E-state index in [4.69, 9.17) is 9.47 Å². The number of ether oxygens (including phenoxy) is 2. The number of hydrogen-bond acceptors (Lipinski definition) is 10. The lowest BCUT2D eigenvalue weighted by atomic mass is 9.97. The van der Waals surface area contributed by atoms with Crippen molar-refractivity contribution in [3.05, 3.63) is 47.7 Å². The number of carbonyl (C=O) groups is 2. The Hall–Kier alpha value is -4.01. The highest BCUT2D eigenvalue weighted by Gasteiger charge is 2.34. The molecule has 3 aromatic rings. The molecule has 1 aliphatic heterocycles. The monoisotopic (exact) mass is 593 g/mol. The summed E-state index contributed by atoms with van der Waals surface area (Å²) in [5.41, 5.74) is -0.646. The first-order chi connectivity index (χ1) is 19.2. The van der Waals surface area contributed by atoms with Crippen molar-refractivity contribution in [2.45, 2.75) is 58.9 Å². The summed E-state index contributed by atoms with van der Waals surface area (Å²) in [4.78, 5) is 38.5. The second-order valence-corrected chi connectivity index (χ2v) is 11.3. The van der Waals surface area contributed by atoms with Crippen molar-refractivity contribution in [3.63, 3.8) is 0 Å². The molecule has 1 saturated heterocycles. The predicted molar refractivity (Wildman–Crippen MR) is 145 cm³/mol. The third kappa shape index (κ3) is 7.80. The van der Waals surface area contributed by atoms with Crippen molar-refractivity contribution >= 4 is 40.0 Å². The Morgan fingerprint density at radius 2 is 1.85 bits per heavy atom. The Morgan fingerprint density at radius 1 is 1.10 bits per heavy atom. The van der Waals surface area contributed by atoms with Gasteiger partial charge in [-0.15, -0.1) is 0 Å². The molecule has 2 amide bonds. The van der Waals surface area contributed by atoms with Crippen LogP contribution in [-0.4, -0.2) is 61.0 Å². The number of aromatic nitrogens is 4. The van der Waals surface area contributed by atoms with E-state index in [-0.39, 0.29) is 29.5 Å². The molecule has 15 heteroatoms. The Morgan fingerprint density at radius 3 is 2.44 bits per heavy atom. The highest BCUT2D eigenvalue weighted by atomic mass is 32.1. The van der Waals surface area contributed by atoms with Crippen LogP contribution < -0.4 is 15.4 Å². The molecular formula is C26H30F3N7O4S. The lowest BCUT2D eigenvalue weighted by molar-refractivity contribution is -0.141. The van der Waals surface area contributed by atoms with Gasteiger partial charge in [0.2, 0.25) is 5.88 Å². The summed E-state index contributed by atoms with van der Waals surface area (Å²) in [6.07, 6.45) is -1.49. The van der Waals surface area contributed by atoms with E-state index in [1.54, 1.807) is 24.0 Å². The van der Waals surface area contributed by atoms with Crippen molar-refractivity contribution in [1.29, 1.82) is 0 Å². The molecule has 11 nitrogen and oxygen atoms in total. The smallest absolute Gasteiger partial charge is 0.434 e. The highest BCUT2D eigenvalue weighted by molar-refractivity contribution is 7.10. The molecule has 220 valence electrons. The fourth-order valence-electron chi connectivity index (χ4n) is 4.04. The SMILES string of the molecule is Cc1nsc(Nc2cnc(C(F)(F)F)cn2)c1C(=O)Nc1ccc(O[C@H]2CCN(C(=O)OC(C)(C)C)C[C@H]2C)nc1. The van der Waals surface area contributed by atoms with E-state index >= 15 is 0 Å². The van der Waals surface area contributed by atoms with Gasteiger partial charge in [-0.3, -0.25) is 4.79 Å². The number of pyridine rings is 1. The van der Waals surface area contributed by atoms with Crippen LogP contribution in [0.3, 0.4) is 0 Å². The average Bonchev–Trinajstić information content (AvgIpc) is 3.24. The number of hydrogen-bond donors (Lipinski definition) is 2. The van der Waals surface area contributed by atoms with E-state index in [1.807, 2.05) is 27.7 Å².